The fraction of sp³-hybridized carbons (Fsp3) is 1.00. The van der Waals surface area contributed by atoms with Gasteiger partial charge in [0, 0.05) is 18.1 Å². The molecule has 122 valence electrons. The van der Waals surface area contributed by atoms with E-state index in [2.05, 4.69) is 38.3 Å². The van der Waals surface area contributed by atoms with Crippen molar-refractivity contribution >= 4 is 0 Å². The van der Waals surface area contributed by atoms with E-state index in [-0.39, 0.29) is 0 Å². The van der Waals surface area contributed by atoms with Crippen LogP contribution in [0.4, 0.5) is 0 Å². The Morgan fingerprint density at radius 1 is 1.14 bits per heavy atom. The molecule has 2 nitrogen and oxygen atoms in total. The first-order chi connectivity index (χ1) is 9.92. The van der Waals surface area contributed by atoms with Crippen molar-refractivity contribution in [3.05, 3.63) is 0 Å². The van der Waals surface area contributed by atoms with E-state index in [0.29, 0.717) is 22.9 Å². The second-order valence-corrected chi connectivity index (χ2v) is 9.15. The largest absolute Gasteiger partial charge is 0.314 e. The van der Waals surface area contributed by atoms with Crippen LogP contribution >= 0.6 is 0 Å². The molecule has 1 heterocycles. The Hall–Kier alpha value is -0.0800. The summed E-state index contributed by atoms with van der Waals surface area (Å²) in [5, 5.41) is 7.83. The van der Waals surface area contributed by atoms with E-state index in [4.69, 9.17) is 0 Å². The fourth-order valence-corrected chi connectivity index (χ4v) is 5.80. The highest BCUT2D eigenvalue weighted by molar-refractivity contribution is 5.12. The third-order valence-corrected chi connectivity index (χ3v) is 7.02. The molecule has 3 fully saturated rings. The molecule has 1 saturated heterocycles. The minimum absolute atomic E-state index is 0.484. The molecular weight excluding hydrogens is 256 g/mol. The SMILES string of the molecule is CC(CC1CCCCCN1)NC1C2(C)CCC(C2)C1(C)C. The highest BCUT2D eigenvalue weighted by Crippen LogP contribution is 2.62. The molecule has 2 bridgehead atoms. The first kappa shape index (κ1) is 15.8. The van der Waals surface area contributed by atoms with Crippen molar-refractivity contribution in [1.29, 1.82) is 0 Å². The van der Waals surface area contributed by atoms with Gasteiger partial charge >= 0.3 is 0 Å². The Balaban J connectivity index is 1.58. The van der Waals surface area contributed by atoms with Gasteiger partial charge in [0.15, 0.2) is 0 Å². The van der Waals surface area contributed by atoms with Crippen LogP contribution in [-0.4, -0.2) is 24.7 Å². The minimum Gasteiger partial charge on any atom is -0.314 e. The van der Waals surface area contributed by atoms with Gasteiger partial charge in [-0.05, 0) is 68.7 Å². The van der Waals surface area contributed by atoms with Gasteiger partial charge in [0.1, 0.15) is 0 Å². The van der Waals surface area contributed by atoms with Crippen LogP contribution in [0.3, 0.4) is 0 Å². The van der Waals surface area contributed by atoms with E-state index in [1.807, 2.05) is 0 Å². The molecule has 0 aromatic heterocycles. The Labute approximate surface area is 131 Å². The summed E-state index contributed by atoms with van der Waals surface area (Å²) in [6.07, 6.45) is 11.2. The summed E-state index contributed by atoms with van der Waals surface area (Å²) in [4.78, 5) is 0. The summed E-state index contributed by atoms with van der Waals surface area (Å²) in [7, 11) is 0. The van der Waals surface area contributed by atoms with E-state index in [0.717, 1.165) is 12.0 Å². The summed E-state index contributed by atoms with van der Waals surface area (Å²) in [5.41, 5.74) is 1.04. The second-order valence-electron chi connectivity index (χ2n) is 9.15. The molecule has 21 heavy (non-hydrogen) atoms. The topological polar surface area (TPSA) is 24.1 Å². The maximum absolute atomic E-state index is 4.07. The zero-order valence-corrected chi connectivity index (χ0v) is 14.7. The molecule has 0 radical (unpaired) electrons. The van der Waals surface area contributed by atoms with Crippen LogP contribution in [0.25, 0.3) is 0 Å². The Bertz CT molecular complexity index is 352. The first-order valence-electron chi connectivity index (χ1n) is 9.41. The van der Waals surface area contributed by atoms with Gasteiger partial charge < -0.3 is 10.6 Å². The number of hydrogen-bond donors (Lipinski definition) is 2. The van der Waals surface area contributed by atoms with Crippen molar-refractivity contribution in [1.82, 2.24) is 10.6 Å². The highest BCUT2D eigenvalue weighted by atomic mass is 15.0. The molecule has 0 aromatic rings. The monoisotopic (exact) mass is 292 g/mol. The molecule has 0 aromatic carbocycles. The third-order valence-electron chi connectivity index (χ3n) is 7.02. The number of rotatable bonds is 4. The normalized spacial score (nSPS) is 43.7. The van der Waals surface area contributed by atoms with Gasteiger partial charge in [-0.1, -0.05) is 33.6 Å². The minimum atomic E-state index is 0.484. The molecule has 2 aliphatic carbocycles. The lowest BCUT2D eigenvalue weighted by molar-refractivity contribution is 0.0975. The maximum Gasteiger partial charge on any atom is 0.0177 e. The van der Waals surface area contributed by atoms with E-state index < -0.39 is 0 Å². The lowest BCUT2D eigenvalue weighted by Gasteiger charge is -2.45. The summed E-state index contributed by atoms with van der Waals surface area (Å²) < 4.78 is 0. The molecule has 1 aliphatic heterocycles. The van der Waals surface area contributed by atoms with Crippen molar-refractivity contribution < 1.29 is 0 Å². The van der Waals surface area contributed by atoms with Crippen LogP contribution in [0.15, 0.2) is 0 Å². The highest BCUT2D eigenvalue weighted by Gasteiger charge is 2.59. The smallest absolute Gasteiger partial charge is 0.0177 e. The predicted octanol–water partition coefficient (Wildman–Crippen LogP) is 4.10. The standard InChI is InChI=1S/C19H36N2/c1-14(12-16-8-6-5-7-11-20-16)21-17-18(2,3)15-9-10-19(17,4)13-15/h14-17,20-21H,5-13H2,1-4H3. The van der Waals surface area contributed by atoms with Gasteiger partial charge in [0.2, 0.25) is 0 Å². The molecule has 5 unspecified atom stereocenters. The van der Waals surface area contributed by atoms with Crippen LogP contribution < -0.4 is 10.6 Å². The average Bonchev–Trinajstić information content (AvgIpc) is 2.75. The summed E-state index contributed by atoms with van der Waals surface area (Å²) in [6.45, 7) is 11.2. The molecule has 0 amide bonds. The second kappa shape index (κ2) is 5.85. The maximum atomic E-state index is 4.07. The summed E-state index contributed by atoms with van der Waals surface area (Å²) in [5.74, 6) is 0.947. The van der Waals surface area contributed by atoms with E-state index in [1.165, 1.54) is 57.9 Å². The van der Waals surface area contributed by atoms with E-state index in [9.17, 15) is 0 Å². The van der Waals surface area contributed by atoms with Gasteiger partial charge in [-0.2, -0.15) is 0 Å². The zero-order valence-electron chi connectivity index (χ0n) is 14.7. The van der Waals surface area contributed by atoms with Crippen molar-refractivity contribution in [2.24, 2.45) is 16.7 Å². The quantitative estimate of drug-likeness (QED) is 0.815. The zero-order chi connectivity index (χ0) is 15.1. The van der Waals surface area contributed by atoms with Crippen LogP contribution in [0.2, 0.25) is 0 Å². The van der Waals surface area contributed by atoms with Crippen molar-refractivity contribution in [2.45, 2.75) is 97.2 Å². The van der Waals surface area contributed by atoms with Crippen LogP contribution in [0.5, 0.6) is 0 Å². The molecule has 2 N–H and O–H groups in total. The molecule has 2 saturated carbocycles. The first-order valence-corrected chi connectivity index (χ1v) is 9.41. The number of fused-ring (bicyclic) bond motifs is 2. The summed E-state index contributed by atoms with van der Waals surface area (Å²) in [6, 6.07) is 2.09. The van der Waals surface area contributed by atoms with Crippen LogP contribution in [-0.2, 0) is 0 Å². The third kappa shape index (κ3) is 3.03. The predicted molar refractivity (Wildman–Crippen MR) is 90.5 cm³/mol. The Morgan fingerprint density at radius 3 is 2.67 bits per heavy atom. The van der Waals surface area contributed by atoms with Gasteiger partial charge in [0.25, 0.3) is 0 Å². The molecule has 5 atom stereocenters. The molecule has 0 spiro atoms. The van der Waals surface area contributed by atoms with E-state index >= 15 is 0 Å². The van der Waals surface area contributed by atoms with Gasteiger partial charge in [0.05, 0.1) is 0 Å². The fourth-order valence-electron chi connectivity index (χ4n) is 5.80. The van der Waals surface area contributed by atoms with E-state index in [1.54, 1.807) is 0 Å². The Kier molecular flexibility index (Phi) is 4.40. The van der Waals surface area contributed by atoms with Gasteiger partial charge in [-0.3, -0.25) is 0 Å². The molecule has 3 aliphatic rings. The van der Waals surface area contributed by atoms with Crippen molar-refractivity contribution in [3.63, 3.8) is 0 Å². The molecule has 3 rings (SSSR count). The van der Waals surface area contributed by atoms with Gasteiger partial charge in [-0.15, -0.1) is 0 Å². The Morgan fingerprint density at radius 2 is 1.95 bits per heavy atom. The van der Waals surface area contributed by atoms with Crippen molar-refractivity contribution in [3.8, 4) is 0 Å². The summed E-state index contributed by atoms with van der Waals surface area (Å²) >= 11 is 0. The molecule has 2 heteroatoms. The number of hydrogen-bond acceptors (Lipinski definition) is 2. The van der Waals surface area contributed by atoms with Gasteiger partial charge in [-0.25, -0.2) is 0 Å². The average molecular weight is 293 g/mol. The van der Waals surface area contributed by atoms with Crippen molar-refractivity contribution in [2.75, 3.05) is 6.54 Å². The lowest BCUT2D eigenvalue weighted by Crippen LogP contribution is -2.54. The van der Waals surface area contributed by atoms with Crippen LogP contribution in [0.1, 0.15) is 79.1 Å². The molecular formula is C19H36N2. The lowest BCUT2D eigenvalue weighted by atomic mass is 9.68. The number of nitrogens with one attached hydrogen (secondary N) is 2. The van der Waals surface area contributed by atoms with Crippen LogP contribution in [0, 0.1) is 16.7 Å².